The van der Waals surface area contributed by atoms with Crippen molar-refractivity contribution in [3.63, 3.8) is 0 Å². The molecule has 1 heterocycles. The number of ether oxygens (including phenoxy) is 1. The summed E-state index contributed by atoms with van der Waals surface area (Å²) >= 11 is 5.90. The molecule has 0 atom stereocenters. The fraction of sp³-hybridized carbons (Fsp3) is 0.250. The third kappa shape index (κ3) is 4.62. The predicted molar refractivity (Wildman–Crippen MR) is 103 cm³/mol. The lowest BCUT2D eigenvalue weighted by Gasteiger charge is -2.30. The fourth-order valence-corrected chi connectivity index (χ4v) is 2.88. The van der Waals surface area contributed by atoms with Crippen LogP contribution >= 0.6 is 11.6 Å². The minimum absolute atomic E-state index is 0.115. The maximum atomic E-state index is 12.6. The fourth-order valence-electron chi connectivity index (χ4n) is 2.75. The van der Waals surface area contributed by atoms with Gasteiger partial charge in [0.1, 0.15) is 0 Å². The molecule has 1 N–H and O–H groups in total. The summed E-state index contributed by atoms with van der Waals surface area (Å²) in [4.78, 5) is 14.8. The number of anilines is 2. The van der Waals surface area contributed by atoms with Crippen LogP contribution in [0, 0.1) is 0 Å². The minimum atomic E-state index is -0.115. The number of para-hydroxylation sites is 2. The van der Waals surface area contributed by atoms with E-state index < -0.39 is 0 Å². The van der Waals surface area contributed by atoms with E-state index in [0.29, 0.717) is 23.8 Å². The molecule has 3 rings (SSSR count). The second-order valence-corrected chi connectivity index (χ2v) is 6.39. The van der Waals surface area contributed by atoms with E-state index in [1.54, 1.807) is 6.92 Å². The first kappa shape index (κ1) is 17.5. The Morgan fingerprint density at radius 3 is 2.52 bits per heavy atom. The molecule has 130 valence electrons. The van der Waals surface area contributed by atoms with E-state index in [1.807, 2.05) is 54.6 Å². The highest BCUT2D eigenvalue weighted by atomic mass is 35.5. The van der Waals surface area contributed by atoms with Crippen LogP contribution in [0.25, 0.3) is 6.08 Å². The Hall–Kier alpha value is -2.30. The van der Waals surface area contributed by atoms with Gasteiger partial charge in [0.25, 0.3) is 5.91 Å². The number of carbonyl (C=O) groups excluding carboxylic acids is 1. The lowest BCUT2D eigenvalue weighted by atomic mass is 10.1. The van der Waals surface area contributed by atoms with Gasteiger partial charge in [0.15, 0.2) is 0 Å². The van der Waals surface area contributed by atoms with Crippen molar-refractivity contribution in [3.05, 3.63) is 64.7 Å². The van der Waals surface area contributed by atoms with Gasteiger partial charge in [-0.3, -0.25) is 4.79 Å². The molecule has 5 heteroatoms. The molecule has 0 aliphatic carbocycles. The molecule has 0 aromatic heterocycles. The van der Waals surface area contributed by atoms with Crippen molar-refractivity contribution in [1.82, 2.24) is 0 Å². The van der Waals surface area contributed by atoms with E-state index in [-0.39, 0.29) is 5.91 Å². The van der Waals surface area contributed by atoms with Crippen molar-refractivity contribution in [2.24, 2.45) is 0 Å². The summed E-state index contributed by atoms with van der Waals surface area (Å²) < 4.78 is 5.41. The smallest absolute Gasteiger partial charge is 0.251 e. The van der Waals surface area contributed by atoms with Gasteiger partial charge in [-0.2, -0.15) is 0 Å². The molecule has 0 unspecified atom stereocenters. The summed E-state index contributed by atoms with van der Waals surface area (Å²) in [5.74, 6) is -0.115. The number of hydrogen-bond acceptors (Lipinski definition) is 3. The Labute approximate surface area is 153 Å². The topological polar surface area (TPSA) is 41.6 Å². The molecular weight excluding hydrogens is 336 g/mol. The normalized spacial score (nSPS) is 15.1. The molecule has 0 bridgehead atoms. The van der Waals surface area contributed by atoms with Gasteiger partial charge >= 0.3 is 0 Å². The summed E-state index contributed by atoms with van der Waals surface area (Å²) in [6, 6.07) is 15.3. The van der Waals surface area contributed by atoms with E-state index in [0.717, 1.165) is 30.0 Å². The van der Waals surface area contributed by atoms with Crippen LogP contribution in [0.2, 0.25) is 5.02 Å². The Morgan fingerprint density at radius 1 is 1.12 bits per heavy atom. The Morgan fingerprint density at radius 2 is 1.80 bits per heavy atom. The van der Waals surface area contributed by atoms with Crippen LogP contribution in [-0.2, 0) is 9.53 Å². The average molecular weight is 357 g/mol. The zero-order chi connectivity index (χ0) is 17.6. The molecule has 1 aliphatic rings. The molecule has 1 saturated heterocycles. The van der Waals surface area contributed by atoms with Crippen LogP contribution in [0.15, 0.2) is 54.1 Å². The second-order valence-electron chi connectivity index (χ2n) is 5.95. The molecule has 2 aromatic carbocycles. The number of nitrogens with zero attached hydrogens (tertiary/aromatic N) is 1. The monoisotopic (exact) mass is 356 g/mol. The molecule has 2 aromatic rings. The first-order chi connectivity index (χ1) is 12.1. The third-order valence-corrected chi connectivity index (χ3v) is 4.37. The van der Waals surface area contributed by atoms with Crippen molar-refractivity contribution < 1.29 is 9.53 Å². The van der Waals surface area contributed by atoms with Crippen LogP contribution in [0.5, 0.6) is 0 Å². The standard InChI is InChI=1S/C20H21ClN2O2/c1-15(14-16-6-8-17(21)9-7-16)20(24)22-18-4-2-3-5-19(18)23-10-12-25-13-11-23/h2-9,14H,10-13H2,1H3,(H,22,24)/b15-14+. The van der Waals surface area contributed by atoms with Crippen molar-refractivity contribution in [2.75, 3.05) is 36.5 Å². The Balaban J connectivity index is 1.75. The van der Waals surface area contributed by atoms with Crippen molar-refractivity contribution in [2.45, 2.75) is 6.92 Å². The summed E-state index contributed by atoms with van der Waals surface area (Å²) in [5, 5.41) is 3.70. The maximum Gasteiger partial charge on any atom is 0.251 e. The van der Waals surface area contributed by atoms with Crippen LogP contribution in [0.3, 0.4) is 0 Å². The molecule has 0 saturated carbocycles. The van der Waals surface area contributed by atoms with E-state index in [9.17, 15) is 4.79 Å². The van der Waals surface area contributed by atoms with Gasteiger partial charge in [-0.25, -0.2) is 0 Å². The van der Waals surface area contributed by atoms with E-state index in [2.05, 4.69) is 10.2 Å². The summed E-state index contributed by atoms with van der Waals surface area (Å²) in [6.07, 6.45) is 1.85. The van der Waals surface area contributed by atoms with Gasteiger partial charge in [-0.15, -0.1) is 0 Å². The molecule has 1 aliphatic heterocycles. The highest BCUT2D eigenvalue weighted by molar-refractivity contribution is 6.30. The highest BCUT2D eigenvalue weighted by Crippen LogP contribution is 2.27. The number of benzene rings is 2. The van der Waals surface area contributed by atoms with Gasteiger partial charge in [0.2, 0.25) is 0 Å². The first-order valence-corrected chi connectivity index (χ1v) is 8.68. The third-order valence-electron chi connectivity index (χ3n) is 4.12. The number of amides is 1. The van der Waals surface area contributed by atoms with Gasteiger partial charge < -0.3 is 15.0 Å². The van der Waals surface area contributed by atoms with E-state index in [1.165, 1.54) is 0 Å². The van der Waals surface area contributed by atoms with Crippen LogP contribution < -0.4 is 10.2 Å². The molecular formula is C20H21ClN2O2. The van der Waals surface area contributed by atoms with Gasteiger partial charge in [-0.05, 0) is 42.8 Å². The minimum Gasteiger partial charge on any atom is -0.378 e. The summed E-state index contributed by atoms with van der Waals surface area (Å²) in [5.41, 5.74) is 3.43. The van der Waals surface area contributed by atoms with Crippen molar-refractivity contribution in [1.29, 1.82) is 0 Å². The predicted octanol–water partition coefficient (Wildman–Crippen LogP) is 4.22. The van der Waals surface area contributed by atoms with Crippen LogP contribution in [0.4, 0.5) is 11.4 Å². The highest BCUT2D eigenvalue weighted by Gasteiger charge is 2.16. The number of morpholine rings is 1. The second kappa shape index (κ2) is 8.19. The lowest BCUT2D eigenvalue weighted by molar-refractivity contribution is -0.112. The number of halogens is 1. The number of rotatable bonds is 4. The SMILES string of the molecule is C/C(=C\c1ccc(Cl)cc1)C(=O)Nc1ccccc1N1CCOCC1. The van der Waals surface area contributed by atoms with E-state index in [4.69, 9.17) is 16.3 Å². The Kier molecular flexibility index (Phi) is 5.74. The summed E-state index contributed by atoms with van der Waals surface area (Å²) in [7, 11) is 0. The van der Waals surface area contributed by atoms with E-state index >= 15 is 0 Å². The number of carbonyl (C=O) groups is 1. The van der Waals surface area contributed by atoms with Gasteiger partial charge in [0, 0.05) is 23.7 Å². The van der Waals surface area contributed by atoms with Gasteiger partial charge in [-0.1, -0.05) is 35.9 Å². The molecule has 0 spiro atoms. The van der Waals surface area contributed by atoms with Gasteiger partial charge in [0.05, 0.1) is 24.6 Å². The quantitative estimate of drug-likeness (QED) is 0.834. The average Bonchev–Trinajstić information content (AvgIpc) is 2.64. The molecule has 1 amide bonds. The molecule has 25 heavy (non-hydrogen) atoms. The molecule has 0 radical (unpaired) electrons. The number of hydrogen-bond donors (Lipinski definition) is 1. The van der Waals surface area contributed by atoms with Crippen LogP contribution in [0.1, 0.15) is 12.5 Å². The lowest BCUT2D eigenvalue weighted by Crippen LogP contribution is -2.36. The number of nitrogens with one attached hydrogen (secondary N) is 1. The summed E-state index contributed by atoms with van der Waals surface area (Å²) in [6.45, 7) is 4.87. The maximum absolute atomic E-state index is 12.6. The zero-order valence-corrected chi connectivity index (χ0v) is 14.9. The zero-order valence-electron chi connectivity index (χ0n) is 14.2. The van der Waals surface area contributed by atoms with Crippen molar-refractivity contribution >= 4 is 35.0 Å². The molecule has 1 fully saturated rings. The molecule has 4 nitrogen and oxygen atoms in total. The van der Waals surface area contributed by atoms with Crippen molar-refractivity contribution in [3.8, 4) is 0 Å². The largest absolute Gasteiger partial charge is 0.378 e. The first-order valence-electron chi connectivity index (χ1n) is 8.30. The Bertz CT molecular complexity index is 766. The van der Waals surface area contributed by atoms with Crippen LogP contribution in [-0.4, -0.2) is 32.2 Å².